The molecule has 0 saturated carbocycles. The molecule has 0 radical (unpaired) electrons. The summed E-state index contributed by atoms with van der Waals surface area (Å²) in [4.78, 5) is 25.7. The van der Waals surface area contributed by atoms with Gasteiger partial charge in [-0.3, -0.25) is 9.59 Å². The van der Waals surface area contributed by atoms with E-state index in [-0.39, 0.29) is 17.9 Å². The SMILES string of the molecule is Cc1ccc(C(=O)N(C)C)cc1NC(=O)CC1CSCCN1. The van der Waals surface area contributed by atoms with Gasteiger partial charge in [-0.2, -0.15) is 11.8 Å². The Morgan fingerprint density at radius 3 is 2.82 bits per heavy atom. The molecule has 2 N–H and O–H groups in total. The first kappa shape index (κ1) is 16.8. The first-order chi connectivity index (χ1) is 10.5. The third-order valence-electron chi connectivity index (χ3n) is 3.60. The van der Waals surface area contributed by atoms with Crippen molar-refractivity contribution in [2.45, 2.75) is 19.4 Å². The van der Waals surface area contributed by atoms with Crippen LogP contribution >= 0.6 is 11.8 Å². The lowest BCUT2D eigenvalue weighted by Crippen LogP contribution is -2.40. The van der Waals surface area contributed by atoms with Crippen LogP contribution in [0.1, 0.15) is 22.3 Å². The number of amides is 2. The van der Waals surface area contributed by atoms with E-state index in [1.807, 2.05) is 24.8 Å². The summed E-state index contributed by atoms with van der Waals surface area (Å²) in [6.45, 7) is 2.88. The molecule has 1 saturated heterocycles. The van der Waals surface area contributed by atoms with E-state index in [2.05, 4.69) is 10.6 Å². The van der Waals surface area contributed by atoms with Gasteiger partial charge in [-0.05, 0) is 24.6 Å². The molecule has 2 amide bonds. The molecule has 1 aliphatic rings. The van der Waals surface area contributed by atoms with Gasteiger partial charge in [0, 0.05) is 55.9 Å². The number of nitrogens with zero attached hydrogens (tertiary/aromatic N) is 1. The van der Waals surface area contributed by atoms with Crippen LogP contribution in [0.3, 0.4) is 0 Å². The maximum atomic E-state index is 12.2. The van der Waals surface area contributed by atoms with E-state index in [1.54, 1.807) is 26.2 Å². The van der Waals surface area contributed by atoms with Crippen molar-refractivity contribution in [3.8, 4) is 0 Å². The number of nitrogens with one attached hydrogen (secondary N) is 2. The molecule has 1 fully saturated rings. The van der Waals surface area contributed by atoms with E-state index in [1.165, 1.54) is 4.90 Å². The quantitative estimate of drug-likeness (QED) is 0.887. The zero-order chi connectivity index (χ0) is 16.1. The number of anilines is 1. The zero-order valence-electron chi connectivity index (χ0n) is 13.3. The molecule has 1 unspecified atom stereocenters. The summed E-state index contributed by atoms with van der Waals surface area (Å²) < 4.78 is 0. The summed E-state index contributed by atoms with van der Waals surface area (Å²) in [6, 6.07) is 5.62. The number of carbonyl (C=O) groups excluding carboxylic acids is 2. The van der Waals surface area contributed by atoms with Crippen molar-refractivity contribution in [3.05, 3.63) is 29.3 Å². The van der Waals surface area contributed by atoms with Crippen molar-refractivity contribution in [2.24, 2.45) is 0 Å². The Morgan fingerprint density at radius 1 is 1.41 bits per heavy atom. The number of thioether (sulfide) groups is 1. The van der Waals surface area contributed by atoms with Gasteiger partial charge in [0.05, 0.1) is 0 Å². The predicted molar refractivity (Wildman–Crippen MR) is 91.6 cm³/mol. The Bertz CT molecular complexity index is 554. The van der Waals surface area contributed by atoms with Gasteiger partial charge in [0.2, 0.25) is 5.91 Å². The fourth-order valence-corrected chi connectivity index (χ4v) is 3.27. The van der Waals surface area contributed by atoms with Crippen molar-refractivity contribution in [3.63, 3.8) is 0 Å². The number of aryl methyl sites for hydroxylation is 1. The molecule has 1 aliphatic heterocycles. The van der Waals surface area contributed by atoms with E-state index < -0.39 is 0 Å². The summed E-state index contributed by atoms with van der Waals surface area (Å²) in [7, 11) is 3.43. The largest absolute Gasteiger partial charge is 0.345 e. The average molecular weight is 321 g/mol. The minimum Gasteiger partial charge on any atom is -0.345 e. The van der Waals surface area contributed by atoms with Gasteiger partial charge in [-0.25, -0.2) is 0 Å². The smallest absolute Gasteiger partial charge is 0.253 e. The summed E-state index contributed by atoms with van der Waals surface area (Å²) in [5.74, 6) is 1.98. The van der Waals surface area contributed by atoms with Crippen molar-refractivity contribution in [2.75, 3.05) is 37.5 Å². The van der Waals surface area contributed by atoms with E-state index in [9.17, 15) is 9.59 Å². The van der Waals surface area contributed by atoms with Crippen molar-refractivity contribution >= 4 is 29.3 Å². The van der Waals surface area contributed by atoms with Crippen LogP contribution in [-0.2, 0) is 4.79 Å². The zero-order valence-corrected chi connectivity index (χ0v) is 14.1. The van der Waals surface area contributed by atoms with Gasteiger partial charge < -0.3 is 15.5 Å². The monoisotopic (exact) mass is 321 g/mol. The molecule has 1 aromatic rings. The van der Waals surface area contributed by atoms with E-state index in [4.69, 9.17) is 0 Å². The number of carbonyl (C=O) groups is 2. The molecule has 2 rings (SSSR count). The number of rotatable bonds is 4. The lowest BCUT2D eigenvalue weighted by molar-refractivity contribution is -0.116. The number of hydrogen-bond acceptors (Lipinski definition) is 4. The second kappa shape index (κ2) is 7.65. The molecular weight excluding hydrogens is 298 g/mol. The maximum Gasteiger partial charge on any atom is 0.253 e. The van der Waals surface area contributed by atoms with Gasteiger partial charge in [0.15, 0.2) is 0 Å². The molecule has 1 heterocycles. The molecule has 0 spiro atoms. The lowest BCUT2D eigenvalue weighted by atomic mass is 10.1. The molecule has 0 aliphatic carbocycles. The van der Waals surface area contributed by atoms with Gasteiger partial charge in [0.25, 0.3) is 5.91 Å². The lowest BCUT2D eigenvalue weighted by Gasteiger charge is -2.22. The highest BCUT2D eigenvalue weighted by atomic mass is 32.2. The first-order valence-corrected chi connectivity index (χ1v) is 8.56. The van der Waals surface area contributed by atoms with Crippen LogP contribution in [0.5, 0.6) is 0 Å². The molecular formula is C16H23N3O2S. The first-order valence-electron chi connectivity index (χ1n) is 7.40. The number of benzene rings is 1. The highest BCUT2D eigenvalue weighted by Crippen LogP contribution is 2.19. The van der Waals surface area contributed by atoms with Crippen LogP contribution < -0.4 is 10.6 Å². The maximum absolute atomic E-state index is 12.2. The molecule has 0 aromatic heterocycles. The highest BCUT2D eigenvalue weighted by Gasteiger charge is 2.17. The standard InChI is InChI=1S/C16H23N3O2S/c1-11-4-5-12(16(21)19(2)3)8-14(11)18-15(20)9-13-10-22-7-6-17-13/h4-5,8,13,17H,6-7,9-10H2,1-3H3,(H,18,20). The Balaban J connectivity index is 2.03. The Morgan fingerprint density at radius 2 is 2.18 bits per heavy atom. The predicted octanol–water partition coefficient (Wildman–Crippen LogP) is 1.73. The van der Waals surface area contributed by atoms with E-state index in [0.29, 0.717) is 17.7 Å². The summed E-state index contributed by atoms with van der Waals surface area (Å²) in [6.07, 6.45) is 0.457. The second-order valence-electron chi connectivity index (χ2n) is 5.71. The molecule has 120 valence electrons. The third kappa shape index (κ3) is 4.48. The van der Waals surface area contributed by atoms with Crippen molar-refractivity contribution in [1.82, 2.24) is 10.2 Å². The van der Waals surface area contributed by atoms with Crippen LogP contribution in [0, 0.1) is 6.92 Å². The average Bonchev–Trinajstić information content (AvgIpc) is 2.49. The van der Waals surface area contributed by atoms with Crippen molar-refractivity contribution < 1.29 is 9.59 Å². The third-order valence-corrected chi connectivity index (χ3v) is 4.73. The second-order valence-corrected chi connectivity index (χ2v) is 6.86. The fraction of sp³-hybridized carbons (Fsp3) is 0.500. The normalized spacial score (nSPS) is 17.9. The molecule has 1 atom stereocenters. The summed E-state index contributed by atoms with van der Waals surface area (Å²) >= 11 is 1.87. The fourth-order valence-electron chi connectivity index (χ4n) is 2.32. The van der Waals surface area contributed by atoms with Gasteiger partial charge in [0.1, 0.15) is 0 Å². The van der Waals surface area contributed by atoms with E-state index >= 15 is 0 Å². The molecule has 6 heteroatoms. The molecule has 1 aromatic carbocycles. The molecule has 0 bridgehead atoms. The van der Waals surface area contributed by atoms with Gasteiger partial charge in [-0.1, -0.05) is 6.07 Å². The molecule has 5 nitrogen and oxygen atoms in total. The Labute approximate surface area is 135 Å². The van der Waals surface area contributed by atoms with Gasteiger partial charge >= 0.3 is 0 Å². The minimum atomic E-state index is -0.0687. The van der Waals surface area contributed by atoms with Crippen LogP contribution in [-0.4, -0.2) is 54.9 Å². The Kier molecular flexibility index (Phi) is 5.85. The van der Waals surface area contributed by atoms with Crippen LogP contribution in [0.15, 0.2) is 18.2 Å². The topological polar surface area (TPSA) is 61.4 Å². The van der Waals surface area contributed by atoms with Crippen LogP contribution in [0.25, 0.3) is 0 Å². The summed E-state index contributed by atoms with van der Waals surface area (Å²) in [5.41, 5.74) is 2.24. The van der Waals surface area contributed by atoms with Crippen LogP contribution in [0.4, 0.5) is 5.69 Å². The van der Waals surface area contributed by atoms with Gasteiger partial charge in [-0.15, -0.1) is 0 Å². The van der Waals surface area contributed by atoms with Crippen molar-refractivity contribution in [1.29, 1.82) is 0 Å². The van der Waals surface area contributed by atoms with E-state index in [0.717, 1.165) is 23.6 Å². The van der Waals surface area contributed by atoms with Crippen LogP contribution in [0.2, 0.25) is 0 Å². The summed E-state index contributed by atoms with van der Waals surface area (Å²) in [5, 5.41) is 6.29. The highest BCUT2D eigenvalue weighted by molar-refractivity contribution is 7.99. The number of hydrogen-bond donors (Lipinski definition) is 2. The minimum absolute atomic E-state index is 0.0162. The molecule has 22 heavy (non-hydrogen) atoms. The Hall–Kier alpha value is -1.53.